The standard InChI is InChI=1S/C21H24N4OS.C20H21ClN4S/c1-16-6-3-4-7-18(16)15-24-10-12-25(13-11-24)21-22-20(23-27-21)17-8-5-9-19(14-17)26-2;1-15-4-2-3-5-17(15)14-24-10-12-25(13-11-24)20-22-19(23-26-20)16-6-8-18(21)9-7-16/h3-9,14H,10-13,15H2,1-2H3;2-9H,10-14H2,1H3. The van der Waals surface area contributed by atoms with Gasteiger partial charge in [0.2, 0.25) is 10.3 Å². The van der Waals surface area contributed by atoms with Gasteiger partial charge in [-0.2, -0.15) is 18.7 Å². The summed E-state index contributed by atoms with van der Waals surface area (Å²) in [5.74, 6) is 2.38. The number of rotatable bonds is 9. The fourth-order valence-electron chi connectivity index (χ4n) is 6.53. The van der Waals surface area contributed by atoms with Crippen molar-refractivity contribution in [2.75, 3.05) is 69.3 Å². The number of methoxy groups -OCH3 is 1. The second-order valence-corrected chi connectivity index (χ2v) is 15.3. The Labute approximate surface area is 325 Å². The van der Waals surface area contributed by atoms with Gasteiger partial charge >= 0.3 is 0 Å². The van der Waals surface area contributed by atoms with E-state index in [4.69, 9.17) is 26.3 Å². The van der Waals surface area contributed by atoms with E-state index in [0.29, 0.717) is 0 Å². The number of nitrogens with zero attached hydrogens (tertiary/aromatic N) is 8. The van der Waals surface area contributed by atoms with Crippen LogP contribution in [0.3, 0.4) is 0 Å². The molecule has 6 aromatic rings. The minimum Gasteiger partial charge on any atom is -0.497 e. The fourth-order valence-corrected chi connectivity index (χ4v) is 8.14. The number of anilines is 2. The van der Waals surface area contributed by atoms with Gasteiger partial charge in [0.1, 0.15) is 5.75 Å². The van der Waals surface area contributed by atoms with E-state index in [1.54, 1.807) is 7.11 Å². The Bertz CT molecular complexity index is 2070. The SMILES string of the molecule is COc1cccc(-c2nsc(N3CCN(Cc4ccccc4C)CC3)n2)c1.Cc1ccccc1CN1CCN(c2nc(-c3ccc(Cl)cc3)ns2)CC1. The van der Waals surface area contributed by atoms with E-state index in [9.17, 15) is 0 Å². The molecule has 2 aromatic heterocycles. The molecule has 2 aliphatic rings. The van der Waals surface area contributed by atoms with Crippen molar-refractivity contribution in [1.29, 1.82) is 0 Å². The number of hydrogen-bond acceptors (Lipinski definition) is 11. The molecule has 0 aliphatic carbocycles. The molecule has 0 spiro atoms. The quantitative estimate of drug-likeness (QED) is 0.145. The molecule has 0 atom stereocenters. The topological polar surface area (TPSA) is 73.8 Å². The first-order chi connectivity index (χ1) is 25.9. The maximum Gasteiger partial charge on any atom is 0.205 e. The predicted molar refractivity (Wildman–Crippen MR) is 220 cm³/mol. The van der Waals surface area contributed by atoms with E-state index in [2.05, 4.69) is 90.7 Å². The maximum atomic E-state index is 5.96. The Balaban J connectivity index is 0.000000164. The second kappa shape index (κ2) is 17.6. The van der Waals surface area contributed by atoms with E-state index < -0.39 is 0 Å². The number of hydrogen-bond donors (Lipinski definition) is 0. The first-order valence-electron chi connectivity index (χ1n) is 18.0. The smallest absolute Gasteiger partial charge is 0.205 e. The van der Waals surface area contributed by atoms with Crippen LogP contribution in [0.4, 0.5) is 10.3 Å². The fraction of sp³-hybridized carbons (Fsp3) is 0.317. The lowest BCUT2D eigenvalue weighted by molar-refractivity contribution is 0.249. The Hall–Kier alpha value is -4.39. The molecule has 0 N–H and O–H groups in total. The van der Waals surface area contributed by atoms with Gasteiger partial charge in [0.25, 0.3) is 0 Å². The summed E-state index contributed by atoms with van der Waals surface area (Å²) in [4.78, 5) is 19.2. The van der Waals surface area contributed by atoms with Gasteiger partial charge in [-0.1, -0.05) is 72.3 Å². The average Bonchev–Trinajstić information content (AvgIpc) is 3.90. The highest BCUT2D eigenvalue weighted by Crippen LogP contribution is 2.28. The van der Waals surface area contributed by atoms with Crippen molar-refractivity contribution in [3.63, 3.8) is 0 Å². The van der Waals surface area contributed by atoms with E-state index in [0.717, 1.165) is 109 Å². The minimum atomic E-state index is 0.731. The monoisotopic (exact) mass is 764 g/mol. The molecule has 53 heavy (non-hydrogen) atoms. The maximum absolute atomic E-state index is 5.96. The Kier molecular flexibility index (Phi) is 12.3. The molecule has 4 aromatic carbocycles. The van der Waals surface area contributed by atoms with Crippen LogP contribution in [0.25, 0.3) is 22.8 Å². The molecule has 0 amide bonds. The number of piperazine rings is 2. The van der Waals surface area contributed by atoms with Crippen LogP contribution in [0, 0.1) is 13.8 Å². The highest BCUT2D eigenvalue weighted by molar-refractivity contribution is 7.10. The van der Waals surface area contributed by atoms with Gasteiger partial charge in [-0.3, -0.25) is 9.80 Å². The van der Waals surface area contributed by atoms with Crippen molar-refractivity contribution in [3.05, 3.63) is 124 Å². The Morgan fingerprint density at radius 3 is 1.57 bits per heavy atom. The van der Waals surface area contributed by atoms with E-state index in [1.807, 2.05) is 48.5 Å². The lowest BCUT2D eigenvalue weighted by Gasteiger charge is -2.34. The zero-order valence-corrected chi connectivity index (χ0v) is 32.9. The Morgan fingerprint density at radius 2 is 1.08 bits per heavy atom. The largest absolute Gasteiger partial charge is 0.497 e. The third-order valence-corrected chi connectivity index (χ3v) is 11.7. The van der Waals surface area contributed by atoms with Crippen LogP contribution in [0.2, 0.25) is 5.02 Å². The Morgan fingerprint density at radius 1 is 0.585 bits per heavy atom. The van der Waals surface area contributed by atoms with Gasteiger partial charge in [0, 0.05) is 105 Å². The lowest BCUT2D eigenvalue weighted by atomic mass is 10.1. The number of aromatic nitrogens is 4. The molecule has 0 unspecified atom stereocenters. The molecule has 2 saturated heterocycles. The predicted octanol–water partition coefficient (Wildman–Crippen LogP) is 8.33. The van der Waals surface area contributed by atoms with Crippen molar-refractivity contribution < 1.29 is 4.74 Å². The highest BCUT2D eigenvalue weighted by atomic mass is 35.5. The normalized spacial score (nSPS) is 15.2. The summed E-state index contributed by atoms with van der Waals surface area (Å²) in [5.41, 5.74) is 7.58. The number of benzene rings is 4. The third-order valence-electron chi connectivity index (χ3n) is 9.86. The molecule has 2 aliphatic heterocycles. The van der Waals surface area contributed by atoms with Crippen LogP contribution in [0.5, 0.6) is 5.75 Å². The lowest BCUT2D eigenvalue weighted by Crippen LogP contribution is -2.46. The van der Waals surface area contributed by atoms with Crippen LogP contribution < -0.4 is 14.5 Å². The van der Waals surface area contributed by atoms with Crippen molar-refractivity contribution >= 4 is 44.9 Å². The molecule has 9 nitrogen and oxygen atoms in total. The van der Waals surface area contributed by atoms with Crippen molar-refractivity contribution in [2.24, 2.45) is 0 Å². The molecular weight excluding hydrogens is 720 g/mol. The summed E-state index contributed by atoms with van der Waals surface area (Å²) in [6, 6.07) is 32.9. The van der Waals surface area contributed by atoms with Crippen molar-refractivity contribution in [3.8, 4) is 28.5 Å². The zero-order chi connectivity index (χ0) is 36.6. The number of aryl methyl sites for hydroxylation is 2. The van der Waals surface area contributed by atoms with E-state index >= 15 is 0 Å². The van der Waals surface area contributed by atoms with Gasteiger partial charge in [-0.25, -0.2) is 0 Å². The number of ether oxygens (including phenoxy) is 1. The summed E-state index contributed by atoms with van der Waals surface area (Å²) in [6.45, 7) is 14.5. The summed E-state index contributed by atoms with van der Waals surface area (Å²) >= 11 is 8.91. The molecular formula is C41H45ClN8OS2. The molecule has 0 radical (unpaired) electrons. The van der Waals surface area contributed by atoms with Crippen LogP contribution in [-0.2, 0) is 13.1 Å². The third kappa shape index (κ3) is 9.59. The van der Waals surface area contributed by atoms with Crippen molar-refractivity contribution in [1.82, 2.24) is 28.5 Å². The first-order valence-corrected chi connectivity index (χ1v) is 20.0. The molecule has 274 valence electrons. The van der Waals surface area contributed by atoms with Gasteiger partial charge in [0.15, 0.2) is 11.6 Å². The number of halogens is 1. The summed E-state index contributed by atoms with van der Waals surface area (Å²) < 4.78 is 14.4. The summed E-state index contributed by atoms with van der Waals surface area (Å²) in [7, 11) is 1.68. The molecule has 8 rings (SSSR count). The summed E-state index contributed by atoms with van der Waals surface area (Å²) in [5, 5.41) is 2.74. The molecule has 0 bridgehead atoms. The molecule has 2 fully saturated rings. The van der Waals surface area contributed by atoms with Crippen LogP contribution in [0.15, 0.2) is 97.1 Å². The second-order valence-electron chi connectivity index (χ2n) is 13.4. The molecule has 12 heteroatoms. The van der Waals surface area contributed by atoms with Gasteiger partial charge in [0.05, 0.1) is 7.11 Å². The van der Waals surface area contributed by atoms with Gasteiger partial charge in [-0.15, -0.1) is 0 Å². The highest BCUT2D eigenvalue weighted by Gasteiger charge is 2.22. The van der Waals surface area contributed by atoms with Gasteiger partial charge < -0.3 is 14.5 Å². The average molecular weight is 765 g/mol. The van der Waals surface area contributed by atoms with E-state index in [1.165, 1.54) is 45.3 Å². The minimum absolute atomic E-state index is 0.731. The first kappa shape index (κ1) is 36.9. The zero-order valence-electron chi connectivity index (χ0n) is 30.5. The van der Waals surface area contributed by atoms with Crippen LogP contribution in [-0.4, -0.2) is 88.0 Å². The van der Waals surface area contributed by atoms with Crippen molar-refractivity contribution in [2.45, 2.75) is 26.9 Å². The molecule has 0 saturated carbocycles. The van der Waals surface area contributed by atoms with Crippen LogP contribution in [0.1, 0.15) is 22.3 Å². The summed E-state index contributed by atoms with van der Waals surface area (Å²) in [6.07, 6.45) is 0. The van der Waals surface area contributed by atoms with Crippen LogP contribution >= 0.6 is 34.7 Å². The van der Waals surface area contributed by atoms with E-state index in [-0.39, 0.29) is 0 Å². The van der Waals surface area contributed by atoms with Gasteiger partial charge in [-0.05, 0) is 72.5 Å². The molecule has 4 heterocycles.